The average Bonchev–Trinajstić information content (AvgIpc) is 2.45. The van der Waals surface area contributed by atoms with E-state index in [0.29, 0.717) is 0 Å². The zero-order chi connectivity index (χ0) is 15.7. The van der Waals surface area contributed by atoms with Crippen molar-refractivity contribution >= 4 is 12.0 Å². The predicted molar refractivity (Wildman–Crippen MR) is 85.5 cm³/mol. The van der Waals surface area contributed by atoms with E-state index in [2.05, 4.69) is 18.9 Å². The Morgan fingerprint density at radius 2 is 2.14 bits per heavy atom. The number of carboxylic acid groups (broad SMARTS) is 1. The number of aliphatic carboxylic acids is 1. The van der Waals surface area contributed by atoms with E-state index in [1.54, 1.807) is 13.2 Å². The number of ether oxygens (including phenoxy) is 1. The first-order chi connectivity index (χ1) is 10.1. The van der Waals surface area contributed by atoms with Crippen molar-refractivity contribution in [2.75, 3.05) is 20.7 Å². The summed E-state index contributed by atoms with van der Waals surface area (Å²) in [6.07, 6.45) is 6.39. The third-order valence-corrected chi connectivity index (χ3v) is 3.31. The third-order valence-electron chi connectivity index (χ3n) is 3.31. The number of unbranched alkanes of at least 4 members (excludes halogenated alkanes) is 2. The van der Waals surface area contributed by atoms with Crippen LogP contribution in [0.25, 0.3) is 6.08 Å². The minimum Gasteiger partial charge on any atom is -0.496 e. The Morgan fingerprint density at radius 3 is 2.76 bits per heavy atom. The van der Waals surface area contributed by atoms with E-state index in [9.17, 15) is 4.79 Å². The van der Waals surface area contributed by atoms with Gasteiger partial charge in [0.15, 0.2) is 0 Å². The Kier molecular flexibility index (Phi) is 7.54. The summed E-state index contributed by atoms with van der Waals surface area (Å²) in [6, 6.07) is 5.73. The summed E-state index contributed by atoms with van der Waals surface area (Å²) in [5.74, 6) is -0.103. The van der Waals surface area contributed by atoms with Crippen LogP contribution in [0.3, 0.4) is 0 Å². The van der Waals surface area contributed by atoms with E-state index in [1.807, 2.05) is 18.2 Å². The maximum absolute atomic E-state index is 10.6. The average molecular weight is 291 g/mol. The smallest absolute Gasteiger partial charge is 0.328 e. The normalized spacial score (nSPS) is 11.2. The summed E-state index contributed by atoms with van der Waals surface area (Å²) < 4.78 is 5.39. The molecular weight excluding hydrogens is 266 g/mol. The number of carbonyl (C=O) groups is 1. The molecule has 1 rings (SSSR count). The minimum atomic E-state index is -0.941. The van der Waals surface area contributed by atoms with Gasteiger partial charge in [0, 0.05) is 18.2 Å². The van der Waals surface area contributed by atoms with Crippen LogP contribution in [-0.4, -0.2) is 36.7 Å². The molecule has 1 N–H and O–H groups in total. The van der Waals surface area contributed by atoms with Crippen LogP contribution >= 0.6 is 0 Å². The fourth-order valence-electron chi connectivity index (χ4n) is 2.19. The van der Waals surface area contributed by atoms with E-state index in [0.717, 1.165) is 36.0 Å². The molecule has 1 aromatic carbocycles. The summed E-state index contributed by atoms with van der Waals surface area (Å²) in [6.45, 7) is 4.04. The van der Waals surface area contributed by atoms with Gasteiger partial charge in [-0.15, -0.1) is 0 Å². The molecule has 0 aromatic heterocycles. The maximum Gasteiger partial charge on any atom is 0.328 e. The number of benzene rings is 1. The van der Waals surface area contributed by atoms with Gasteiger partial charge in [-0.2, -0.15) is 0 Å². The van der Waals surface area contributed by atoms with Crippen LogP contribution in [0.1, 0.15) is 37.3 Å². The molecule has 0 atom stereocenters. The van der Waals surface area contributed by atoms with Gasteiger partial charge in [0.1, 0.15) is 5.75 Å². The molecule has 0 saturated heterocycles. The minimum absolute atomic E-state index is 0.793. The zero-order valence-corrected chi connectivity index (χ0v) is 13.1. The largest absolute Gasteiger partial charge is 0.496 e. The second-order valence-electron chi connectivity index (χ2n) is 5.19. The summed E-state index contributed by atoms with van der Waals surface area (Å²) in [4.78, 5) is 12.8. The first-order valence-electron chi connectivity index (χ1n) is 7.33. The molecule has 0 heterocycles. The molecule has 1 aromatic rings. The van der Waals surface area contributed by atoms with Gasteiger partial charge in [0.05, 0.1) is 7.11 Å². The highest BCUT2D eigenvalue weighted by Gasteiger charge is 2.07. The number of rotatable bonds is 9. The van der Waals surface area contributed by atoms with E-state index in [1.165, 1.54) is 19.3 Å². The highest BCUT2D eigenvalue weighted by atomic mass is 16.5. The second-order valence-corrected chi connectivity index (χ2v) is 5.19. The van der Waals surface area contributed by atoms with E-state index in [4.69, 9.17) is 9.84 Å². The van der Waals surface area contributed by atoms with E-state index >= 15 is 0 Å². The van der Waals surface area contributed by atoms with Crippen LogP contribution in [0.5, 0.6) is 5.75 Å². The van der Waals surface area contributed by atoms with Crippen LogP contribution in [0, 0.1) is 0 Å². The highest BCUT2D eigenvalue weighted by molar-refractivity contribution is 5.85. The summed E-state index contributed by atoms with van der Waals surface area (Å²) in [5, 5.41) is 8.69. The van der Waals surface area contributed by atoms with Crippen molar-refractivity contribution in [1.29, 1.82) is 0 Å². The molecule has 0 saturated carbocycles. The lowest BCUT2D eigenvalue weighted by molar-refractivity contribution is -0.131. The van der Waals surface area contributed by atoms with Crippen LogP contribution in [0.15, 0.2) is 24.3 Å². The number of carboxylic acids is 1. The van der Waals surface area contributed by atoms with Gasteiger partial charge in [0.2, 0.25) is 0 Å². The predicted octanol–water partition coefficient (Wildman–Crippen LogP) is 3.42. The summed E-state index contributed by atoms with van der Waals surface area (Å²) in [7, 11) is 3.75. The molecule has 0 fully saturated rings. The fourth-order valence-corrected chi connectivity index (χ4v) is 2.19. The molecule has 0 aliphatic carbocycles. The highest BCUT2D eigenvalue weighted by Crippen LogP contribution is 2.22. The Labute approximate surface area is 127 Å². The van der Waals surface area contributed by atoms with Gasteiger partial charge in [-0.3, -0.25) is 0 Å². The van der Waals surface area contributed by atoms with Crippen molar-refractivity contribution < 1.29 is 14.6 Å². The molecule has 0 unspecified atom stereocenters. The van der Waals surface area contributed by atoms with Crippen molar-refractivity contribution in [3.05, 3.63) is 35.4 Å². The van der Waals surface area contributed by atoms with Crippen LogP contribution in [0.2, 0.25) is 0 Å². The third kappa shape index (κ3) is 6.45. The number of hydrogen-bond donors (Lipinski definition) is 1. The van der Waals surface area contributed by atoms with Gasteiger partial charge in [-0.1, -0.05) is 25.8 Å². The molecule has 21 heavy (non-hydrogen) atoms. The van der Waals surface area contributed by atoms with Gasteiger partial charge in [-0.05, 0) is 43.8 Å². The van der Waals surface area contributed by atoms with Crippen LogP contribution in [-0.2, 0) is 11.3 Å². The molecule has 4 nitrogen and oxygen atoms in total. The van der Waals surface area contributed by atoms with Gasteiger partial charge in [0.25, 0.3) is 0 Å². The first-order valence-corrected chi connectivity index (χ1v) is 7.33. The Hall–Kier alpha value is -1.81. The Bertz CT molecular complexity index is 483. The first kappa shape index (κ1) is 17.2. The molecule has 0 amide bonds. The van der Waals surface area contributed by atoms with Crippen molar-refractivity contribution in [2.24, 2.45) is 0 Å². The zero-order valence-electron chi connectivity index (χ0n) is 13.1. The van der Waals surface area contributed by atoms with Gasteiger partial charge < -0.3 is 14.7 Å². The Balaban J connectivity index is 2.77. The molecule has 0 radical (unpaired) electrons. The maximum atomic E-state index is 10.6. The van der Waals surface area contributed by atoms with E-state index in [-0.39, 0.29) is 0 Å². The topological polar surface area (TPSA) is 49.8 Å². The van der Waals surface area contributed by atoms with E-state index < -0.39 is 5.97 Å². The van der Waals surface area contributed by atoms with Crippen molar-refractivity contribution in [1.82, 2.24) is 4.90 Å². The molecule has 0 bridgehead atoms. The quantitative estimate of drug-likeness (QED) is 0.559. The summed E-state index contributed by atoms with van der Waals surface area (Å²) >= 11 is 0. The van der Waals surface area contributed by atoms with Crippen molar-refractivity contribution in [3.63, 3.8) is 0 Å². The second kappa shape index (κ2) is 9.19. The molecular formula is C17H25NO3. The van der Waals surface area contributed by atoms with Gasteiger partial charge >= 0.3 is 5.97 Å². The molecule has 0 aliphatic rings. The lowest BCUT2D eigenvalue weighted by Crippen LogP contribution is -2.19. The monoisotopic (exact) mass is 291 g/mol. The van der Waals surface area contributed by atoms with Crippen LogP contribution in [0.4, 0.5) is 0 Å². The molecule has 0 spiro atoms. The molecule has 116 valence electrons. The summed E-state index contributed by atoms with van der Waals surface area (Å²) in [5.41, 5.74) is 1.94. The van der Waals surface area contributed by atoms with Crippen molar-refractivity contribution in [2.45, 2.75) is 32.7 Å². The molecule has 4 heteroatoms. The standard InChI is InChI=1S/C17H25NO3/c1-4-5-6-11-18(2)13-15-12-14(8-10-17(19)20)7-9-16(15)21-3/h7-10,12H,4-6,11,13H2,1-3H3,(H,19,20). The lowest BCUT2D eigenvalue weighted by atomic mass is 10.1. The lowest BCUT2D eigenvalue weighted by Gasteiger charge is -2.18. The van der Waals surface area contributed by atoms with Crippen molar-refractivity contribution in [3.8, 4) is 5.75 Å². The number of hydrogen-bond acceptors (Lipinski definition) is 3. The SMILES string of the molecule is CCCCCN(C)Cc1cc(C=CC(=O)O)ccc1OC. The van der Waals surface area contributed by atoms with Gasteiger partial charge in [-0.25, -0.2) is 4.79 Å². The number of methoxy groups -OCH3 is 1. The molecule has 0 aliphatic heterocycles. The Morgan fingerprint density at radius 1 is 1.38 bits per heavy atom. The fraction of sp³-hybridized carbons (Fsp3) is 0.471. The number of nitrogens with zero attached hydrogens (tertiary/aromatic N) is 1. The van der Waals surface area contributed by atoms with Crippen LogP contribution < -0.4 is 4.74 Å².